The first-order valence-corrected chi connectivity index (χ1v) is 12.4. The maximum Gasteiger partial charge on any atom is 0.326 e. The van der Waals surface area contributed by atoms with Gasteiger partial charge in [0.05, 0.1) is 12.5 Å². The molecule has 1 aromatic carbocycles. The lowest BCUT2D eigenvalue weighted by atomic mass is 10.0. The Kier molecular flexibility index (Phi) is 13.9. The molecule has 4 atom stereocenters. The summed E-state index contributed by atoms with van der Waals surface area (Å²) in [5.41, 5.74) is 17.4. The second-order valence-corrected chi connectivity index (χ2v) is 9.40. The largest absolute Gasteiger partial charge is 0.480 e. The molecular weight excluding hydrogens is 480 g/mol. The zero-order valence-electron chi connectivity index (χ0n) is 21.4. The van der Waals surface area contributed by atoms with Gasteiger partial charge in [-0.2, -0.15) is 0 Å². The summed E-state index contributed by atoms with van der Waals surface area (Å²) in [5, 5.41) is 17.0. The summed E-state index contributed by atoms with van der Waals surface area (Å²) in [6, 6.07) is 4.04. The van der Waals surface area contributed by atoms with Gasteiger partial charge in [0.25, 0.3) is 0 Å². The summed E-state index contributed by atoms with van der Waals surface area (Å²) in [5.74, 6) is -4.14. The molecule has 10 N–H and O–H groups in total. The highest BCUT2D eigenvalue weighted by atomic mass is 16.4. The van der Waals surface area contributed by atoms with Crippen molar-refractivity contribution in [1.29, 1.82) is 0 Å². The van der Waals surface area contributed by atoms with Crippen molar-refractivity contribution in [3.63, 3.8) is 0 Å². The number of benzene rings is 1. The molecule has 4 amide bonds. The third kappa shape index (κ3) is 12.3. The second kappa shape index (κ2) is 16.3. The van der Waals surface area contributed by atoms with Gasteiger partial charge in [-0.25, -0.2) is 4.79 Å². The molecule has 1 rings (SSSR count). The molecule has 206 valence electrons. The van der Waals surface area contributed by atoms with Crippen LogP contribution in [0.4, 0.5) is 0 Å². The van der Waals surface area contributed by atoms with Crippen LogP contribution >= 0.6 is 0 Å². The van der Waals surface area contributed by atoms with Crippen molar-refractivity contribution in [2.24, 2.45) is 23.1 Å². The summed E-state index contributed by atoms with van der Waals surface area (Å²) in [6.07, 6.45) is 1.17. The quantitative estimate of drug-likeness (QED) is 0.128. The molecule has 0 heterocycles. The van der Waals surface area contributed by atoms with Crippen LogP contribution in [-0.2, 0) is 30.4 Å². The lowest BCUT2D eigenvalue weighted by molar-refractivity contribution is -0.142. The molecule has 0 saturated heterocycles. The third-order valence-electron chi connectivity index (χ3n) is 5.58. The molecule has 37 heavy (non-hydrogen) atoms. The van der Waals surface area contributed by atoms with E-state index in [0.29, 0.717) is 31.4 Å². The Morgan fingerprint density at radius 2 is 1.43 bits per heavy atom. The molecule has 0 spiro atoms. The number of carboxylic acids is 1. The number of nitrogens with two attached hydrogens (primary N) is 3. The molecule has 12 heteroatoms. The second-order valence-electron chi connectivity index (χ2n) is 9.40. The summed E-state index contributed by atoms with van der Waals surface area (Å²) < 4.78 is 0. The van der Waals surface area contributed by atoms with Gasteiger partial charge in [0.15, 0.2) is 0 Å². The fraction of sp³-hybridized carbons (Fsp3) is 0.560. The molecular formula is C25H40N6O6. The Balaban J connectivity index is 3.00. The smallest absolute Gasteiger partial charge is 0.326 e. The van der Waals surface area contributed by atoms with Crippen molar-refractivity contribution in [2.45, 2.75) is 76.5 Å². The van der Waals surface area contributed by atoms with E-state index in [2.05, 4.69) is 16.0 Å². The minimum absolute atomic E-state index is 0.00926. The van der Waals surface area contributed by atoms with Crippen molar-refractivity contribution in [3.8, 4) is 0 Å². The molecule has 0 aliphatic carbocycles. The minimum Gasteiger partial charge on any atom is -0.480 e. The predicted molar refractivity (Wildman–Crippen MR) is 138 cm³/mol. The number of nitrogens with one attached hydrogen (secondary N) is 3. The number of carboxylic acid groups (broad SMARTS) is 1. The van der Waals surface area contributed by atoms with Gasteiger partial charge in [-0.15, -0.1) is 0 Å². The van der Waals surface area contributed by atoms with Crippen molar-refractivity contribution < 1.29 is 29.1 Å². The van der Waals surface area contributed by atoms with Gasteiger partial charge >= 0.3 is 5.97 Å². The van der Waals surface area contributed by atoms with Crippen LogP contribution in [-0.4, -0.2) is 65.4 Å². The van der Waals surface area contributed by atoms with E-state index in [0.717, 1.165) is 0 Å². The average molecular weight is 521 g/mol. The van der Waals surface area contributed by atoms with E-state index in [1.807, 2.05) is 13.8 Å². The first-order valence-electron chi connectivity index (χ1n) is 12.4. The number of hydrogen-bond donors (Lipinski definition) is 7. The summed E-state index contributed by atoms with van der Waals surface area (Å²) in [4.78, 5) is 62.0. The number of aliphatic carboxylic acids is 1. The van der Waals surface area contributed by atoms with E-state index >= 15 is 0 Å². The first kappa shape index (κ1) is 31.5. The molecule has 0 bridgehead atoms. The molecule has 0 aliphatic rings. The first-order chi connectivity index (χ1) is 17.4. The van der Waals surface area contributed by atoms with E-state index in [4.69, 9.17) is 17.2 Å². The number of hydrogen-bond acceptors (Lipinski definition) is 7. The van der Waals surface area contributed by atoms with Crippen molar-refractivity contribution in [3.05, 3.63) is 35.9 Å². The zero-order chi connectivity index (χ0) is 28.0. The van der Waals surface area contributed by atoms with Crippen molar-refractivity contribution in [1.82, 2.24) is 16.0 Å². The van der Waals surface area contributed by atoms with E-state index < -0.39 is 60.2 Å². The van der Waals surface area contributed by atoms with Crippen LogP contribution in [0.2, 0.25) is 0 Å². The van der Waals surface area contributed by atoms with Gasteiger partial charge in [-0.05, 0) is 43.7 Å². The number of carbonyl (C=O) groups is 5. The molecule has 0 aliphatic heterocycles. The maximum absolute atomic E-state index is 13.1. The van der Waals surface area contributed by atoms with Gasteiger partial charge in [0.1, 0.15) is 18.1 Å². The van der Waals surface area contributed by atoms with Crippen LogP contribution in [0.1, 0.15) is 51.5 Å². The highest BCUT2D eigenvalue weighted by Gasteiger charge is 2.31. The topological polar surface area (TPSA) is 220 Å². The zero-order valence-corrected chi connectivity index (χ0v) is 21.4. The van der Waals surface area contributed by atoms with Crippen LogP contribution in [0.3, 0.4) is 0 Å². The fourth-order valence-electron chi connectivity index (χ4n) is 3.66. The summed E-state index contributed by atoms with van der Waals surface area (Å²) >= 11 is 0. The van der Waals surface area contributed by atoms with Crippen LogP contribution in [0.25, 0.3) is 0 Å². The SMILES string of the molecule is CC(C)CC(N)C(=O)NC(CCCCN)C(=O)NC(CC(N)=O)C(=O)NC(Cc1ccccc1)C(=O)O. The van der Waals surface area contributed by atoms with Crippen LogP contribution < -0.4 is 33.2 Å². The number of primary amides is 1. The van der Waals surface area contributed by atoms with Gasteiger partial charge in [0, 0.05) is 6.42 Å². The Morgan fingerprint density at radius 3 is 1.97 bits per heavy atom. The van der Waals surface area contributed by atoms with Crippen molar-refractivity contribution >= 4 is 29.6 Å². The maximum atomic E-state index is 13.1. The van der Waals surface area contributed by atoms with E-state index in [9.17, 15) is 29.1 Å². The predicted octanol–water partition coefficient (Wildman–Crippen LogP) is -0.854. The number of unbranched alkanes of at least 4 members (excludes halogenated alkanes) is 1. The average Bonchev–Trinajstić information content (AvgIpc) is 2.82. The van der Waals surface area contributed by atoms with Gasteiger partial charge < -0.3 is 38.3 Å². The van der Waals surface area contributed by atoms with Crippen LogP contribution in [0.5, 0.6) is 0 Å². The highest BCUT2D eigenvalue weighted by Crippen LogP contribution is 2.08. The lowest BCUT2D eigenvalue weighted by Gasteiger charge is -2.25. The number of amides is 4. The summed E-state index contributed by atoms with van der Waals surface area (Å²) in [6.45, 7) is 4.21. The van der Waals surface area contributed by atoms with E-state index in [-0.39, 0.29) is 18.8 Å². The molecule has 0 fully saturated rings. The van der Waals surface area contributed by atoms with E-state index in [1.54, 1.807) is 30.3 Å². The van der Waals surface area contributed by atoms with Gasteiger partial charge in [-0.3, -0.25) is 19.2 Å². The summed E-state index contributed by atoms with van der Waals surface area (Å²) in [7, 11) is 0. The molecule has 1 aromatic rings. The highest BCUT2D eigenvalue weighted by molar-refractivity contribution is 5.96. The molecule has 12 nitrogen and oxygen atoms in total. The Bertz CT molecular complexity index is 910. The molecule has 0 saturated carbocycles. The molecule has 0 radical (unpaired) electrons. The molecule has 4 unspecified atom stereocenters. The Morgan fingerprint density at radius 1 is 0.865 bits per heavy atom. The van der Waals surface area contributed by atoms with Crippen molar-refractivity contribution in [2.75, 3.05) is 6.54 Å². The normalized spacial score (nSPS) is 14.2. The van der Waals surface area contributed by atoms with E-state index in [1.165, 1.54) is 0 Å². The van der Waals surface area contributed by atoms with Gasteiger partial charge in [0.2, 0.25) is 23.6 Å². The monoisotopic (exact) mass is 520 g/mol. The standard InChI is InChI=1S/C25H40N6O6/c1-15(2)12-17(27)22(33)29-18(10-6-7-11-26)23(34)30-19(14-21(28)32)24(35)31-20(25(36)37)13-16-8-4-3-5-9-16/h3-5,8-9,15,17-20H,6-7,10-14,26-27H2,1-2H3,(H2,28,32)(H,29,33)(H,30,34)(H,31,35)(H,36,37). The molecule has 0 aromatic heterocycles. The Labute approximate surface area is 217 Å². The minimum atomic E-state index is -1.44. The number of rotatable bonds is 17. The number of carbonyl (C=O) groups excluding carboxylic acids is 4. The third-order valence-corrected chi connectivity index (χ3v) is 5.58. The van der Waals surface area contributed by atoms with Crippen LogP contribution in [0.15, 0.2) is 30.3 Å². The lowest BCUT2D eigenvalue weighted by Crippen LogP contribution is -2.58. The fourth-order valence-corrected chi connectivity index (χ4v) is 3.66. The van der Waals surface area contributed by atoms with Gasteiger partial charge in [-0.1, -0.05) is 44.2 Å². The van der Waals surface area contributed by atoms with Crippen LogP contribution in [0, 0.1) is 5.92 Å². The Hall–Kier alpha value is -3.51.